The molecule has 1 aliphatic heterocycles. The normalized spacial score (nSPS) is 17.1. The summed E-state index contributed by atoms with van der Waals surface area (Å²) < 4.78 is 41.5. The van der Waals surface area contributed by atoms with E-state index in [1.54, 1.807) is 6.07 Å². The topological polar surface area (TPSA) is 70.7 Å². The van der Waals surface area contributed by atoms with Crippen molar-refractivity contribution in [3.63, 3.8) is 0 Å². The van der Waals surface area contributed by atoms with Gasteiger partial charge in [-0.2, -0.15) is 0 Å². The van der Waals surface area contributed by atoms with Gasteiger partial charge in [0.05, 0.1) is 16.6 Å². The van der Waals surface area contributed by atoms with Crippen LogP contribution in [0.25, 0.3) is 0 Å². The number of anilines is 2. The van der Waals surface area contributed by atoms with Crippen LogP contribution in [0.4, 0.5) is 28.7 Å². The molecular weight excluding hydrogens is 395 g/mol. The average molecular weight is 413 g/mol. The fourth-order valence-electron chi connectivity index (χ4n) is 2.93. The largest absolute Gasteiger partial charge is 0.573 e. The molecular formula is C18H18F3N3O3S. The SMILES string of the molecule is O=C(Nc1ccccc1OC(F)(F)F)C1CCCN(C(=O)Nc2cccs2)C1. The highest BCUT2D eigenvalue weighted by Gasteiger charge is 2.33. The number of likely N-dealkylation sites (tertiary alicyclic amines) is 1. The van der Waals surface area contributed by atoms with E-state index in [0.29, 0.717) is 24.4 Å². The van der Waals surface area contributed by atoms with Gasteiger partial charge in [0, 0.05) is 13.1 Å². The van der Waals surface area contributed by atoms with Gasteiger partial charge in [-0.25, -0.2) is 4.79 Å². The van der Waals surface area contributed by atoms with Crippen LogP contribution in [0.1, 0.15) is 12.8 Å². The van der Waals surface area contributed by atoms with Crippen LogP contribution >= 0.6 is 11.3 Å². The minimum Gasteiger partial charge on any atom is -0.404 e. The number of alkyl halides is 3. The first-order chi connectivity index (χ1) is 13.3. The summed E-state index contributed by atoms with van der Waals surface area (Å²) >= 11 is 1.39. The Bertz CT molecular complexity index is 827. The maximum atomic E-state index is 12.6. The Morgan fingerprint density at radius 2 is 1.93 bits per heavy atom. The van der Waals surface area contributed by atoms with Crippen molar-refractivity contribution in [1.29, 1.82) is 0 Å². The molecule has 2 N–H and O–H groups in total. The van der Waals surface area contributed by atoms with Crippen molar-refractivity contribution in [2.45, 2.75) is 19.2 Å². The lowest BCUT2D eigenvalue weighted by Crippen LogP contribution is -2.45. The number of carbonyl (C=O) groups is 2. The fourth-order valence-corrected chi connectivity index (χ4v) is 3.54. The molecule has 10 heteroatoms. The maximum absolute atomic E-state index is 12.6. The Hall–Kier alpha value is -2.75. The highest BCUT2D eigenvalue weighted by molar-refractivity contribution is 7.14. The third kappa shape index (κ3) is 5.38. The van der Waals surface area contributed by atoms with Crippen molar-refractivity contribution in [1.82, 2.24) is 4.90 Å². The molecule has 0 saturated carbocycles. The van der Waals surface area contributed by atoms with Crippen LogP contribution in [0.5, 0.6) is 5.75 Å². The van der Waals surface area contributed by atoms with Gasteiger partial charge in [-0.3, -0.25) is 10.1 Å². The van der Waals surface area contributed by atoms with Crippen LogP contribution in [0.3, 0.4) is 0 Å². The number of halogens is 3. The molecule has 6 nitrogen and oxygen atoms in total. The summed E-state index contributed by atoms with van der Waals surface area (Å²) in [6.45, 7) is 0.695. The summed E-state index contributed by atoms with van der Waals surface area (Å²) in [5.74, 6) is -1.46. The summed E-state index contributed by atoms with van der Waals surface area (Å²) in [6, 6.07) is 8.63. The fraction of sp³-hybridized carbons (Fsp3) is 0.333. The van der Waals surface area contributed by atoms with E-state index in [0.717, 1.165) is 6.07 Å². The first-order valence-corrected chi connectivity index (χ1v) is 9.45. The molecule has 2 aromatic rings. The number of thiophene rings is 1. The number of urea groups is 1. The predicted octanol–water partition coefficient (Wildman–Crippen LogP) is 4.53. The van der Waals surface area contributed by atoms with E-state index in [2.05, 4.69) is 15.4 Å². The van der Waals surface area contributed by atoms with E-state index >= 15 is 0 Å². The highest BCUT2D eigenvalue weighted by Crippen LogP contribution is 2.31. The summed E-state index contributed by atoms with van der Waals surface area (Å²) in [5, 5.41) is 7.79. The number of hydrogen-bond donors (Lipinski definition) is 2. The van der Waals surface area contributed by atoms with Crippen LogP contribution in [-0.2, 0) is 4.79 Å². The molecule has 28 heavy (non-hydrogen) atoms. The quantitative estimate of drug-likeness (QED) is 0.774. The Morgan fingerprint density at radius 3 is 2.64 bits per heavy atom. The van der Waals surface area contributed by atoms with Gasteiger partial charge in [0.1, 0.15) is 0 Å². The van der Waals surface area contributed by atoms with Gasteiger partial charge in [0.2, 0.25) is 5.91 Å². The summed E-state index contributed by atoms with van der Waals surface area (Å²) in [5.41, 5.74) is -0.0648. The molecule has 0 aliphatic carbocycles. The molecule has 1 aromatic carbocycles. The predicted molar refractivity (Wildman–Crippen MR) is 99.4 cm³/mol. The van der Waals surface area contributed by atoms with E-state index in [1.165, 1.54) is 34.4 Å². The molecule has 1 fully saturated rings. The summed E-state index contributed by atoms with van der Waals surface area (Å²) in [6.07, 6.45) is -3.70. The number of carbonyl (C=O) groups excluding carboxylic acids is 2. The molecule has 0 bridgehead atoms. The van der Waals surface area contributed by atoms with Crippen LogP contribution in [0, 0.1) is 5.92 Å². The number of nitrogens with zero attached hydrogens (tertiary/aromatic N) is 1. The standard InChI is InChI=1S/C18H18F3N3O3S/c19-18(20,21)27-14-7-2-1-6-13(14)22-16(25)12-5-3-9-24(11-12)17(26)23-15-8-4-10-28-15/h1-2,4,6-8,10,12H,3,5,9,11H2,(H,22,25)(H,23,26). The van der Waals surface area contributed by atoms with Gasteiger partial charge in [0.15, 0.2) is 5.75 Å². The third-order valence-electron chi connectivity index (χ3n) is 4.20. The third-order valence-corrected chi connectivity index (χ3v) is 4.99. The maximum Gasteiger partial charge on any atom is 0.573 e. The second-order valence-electron chi connectivity index (χ2n) is 6.23. The molecule has 2 heterocycles. The minimum absolute atomic E-state index is 0.0648. The van der Waals surface area contributed by atoms with Crippen LogP contribution < -0.4 is 15.4 Å². The van der Waals surface area contributed by atoms with Gasteiger partial charge in [-0.15, -0.1) is 24.5 Å². The van der Waals surface area contributed by atoms with Gasteiger partial charge < -0.3 is 15.0 Å². The lowest BCUT2D eigenvalue weighted by Gasteiger charge is -2.32. The van der Waals surface area contributed by atoms with Crippen LogP contribution in [0.2, 0.25) is 0 Å². The molecule has 1 aliphatic rings. The second-order valence-corrected chi connectivity index (χ2v) is 7.17. The van der Waals surface area contributed by atoms with Gasteiger partial charge in [0.25, 0.3) is 0 Å². The van der Waals surface area contributed by atoms with Crippen molar-refractivity contribution >= 4 is 34.0 Å². The molecule has 0 radical (unpaired) electrons. The number of amides is 3. The molecule has 1 aromatic heterocycles. The molecule has 150 valence electrons. The molecule has 1 atom stereocenters. The van der Waals surface area contributed by atoms with E-state index in [-0.39, 0.29) is 18.3 Å². The molecule has 3 rings (SSSR count). The highest BCUT2D eigenvalue weighted by atomic mass is 32.1. The van der Waals surface area contributed by atoms with E-state index < -0.39 is 23.9 Å². The van der Waals surface area contributed by atoms with Crippen LogP contribution in [0.15, 0.2) is 41.8 Å². The van der Waals surface area contributed by atoms with Crippen molar-refractivity contribution in [3.8, 4) is 5.75 Å². The van der Waals surface area contributed by atoms with Crippen molar-refractivity contribution in [3.05, 3.63) is 41.8 Å². The van der Waals surface area contributed by atoms with E-state index in [1.807, 2.05) is 11.4 Å². The van der Waals surface area contributed by atoms with Crippen molar-refractivity contribution in [2.75, 3.05) is 23.7 Å². The Morgan fingerprint density at radius 1 is 1.14 bits per heavy atom. The van der Waals surface area contributed by atoms with Gasteiger partial charge >= 0.3 is 12.4 Å². The van der Waals surface area contributed by atoms with E-state index in [4.69, 9.17) is 0 Å². The average Bonchev–Trinajstić information content (AvgIpc) is 3.15. The molecule has 1 unspecified atom stereocenters. The van der Waals surface area contributed by atoms with E-state index in [9.17, 15) is 22.8 Å². The lowest BCUT2D eigenvalue weighted by atomic mass is 9.97. The zero-order valence-corrected chi connectivity index (χ0v) is 15.5. The van der Waals surface area contributed by atoms with Crippen molar-refractivity contribution < 1.29 is 27.5 Å². The number of ether oxygens (including phenoxy) is 1. The first kappa shape index (κ1) is 20.0. The number of para-hydroxylation sites is 2. The number of benzene rings is 1. The van der Waals surface area contributed by atoms with Crippen LogP contribution in [-0.4, -0.2) is 36.3 Å². The summed E-state index contributed by atoms with van der Waals surface area (Å²) in [4.78, 5) is 26.4. The zero-order valence-electron chi connectivity index (χ0n) is 14.7. The number of hydrogen-bond acceptors (Lipinski definition) is 4. The van der Waals surface area contributed by atoms with Crippen molar-refractivity contribution in [2.24, 2.45) is 5.92 Å². The zero-order chi connectivity index (χ0) is 20.1. The molecule has 3 amide bonds. The smallest absolute Gasteiger partial charge is 0.404 e. The Labute approximate surface area is 163 Å². The van der Waals surface area contributed by atoms with Gasteiger partial charge in [-0.1, -0.05) is 12.1 Å². The molecule has 1 saturated heterocycles. The number of piperidine rings is 1. The minimum atomic E-state index is -4.86. The van der Waals surface area contributed by atoms with Gasteiger partial charge in [-0.05, 0) is 42.5 Å². The lowest BCUT2D eigenvalue weighted by molar-refractivity contribution is -0.274. The molecule has 0 spiro atoms. The Balaban J connectivity index is 1.62. The number of nitrogens with one attached hydrogen (secondary N) is 2. The monoisotopic (exact) mass is 413 g/mol. The second kappa shape index (κ2) is 8.51. The summed E-state index contributed by atoms with van der Waals surface area (Å²) in [7, 11) is 0. The Kier molecular flexibility index (Phi) is 6.08. The first-order valence-electron chi connectivity index (χ1n) is 8.57. The number of rotatable bonds is 4.